The Bertz CT molecular complexity index is 316. The standard InChI is InChI=1S/C12H16ClN/c1-9-11(13)7-4-8-12(9)14-10-5-2-3-6-10/h4,7-8,10,14H,2-3,5-6H2,1H3. The summed E-state index contributed by atoms with van der Waals surface area (Å²) in [6.07, 6.45) is 5.31. The summed E-state index contributed by atoms with van der Waals surface area (Å²) in [5.41, 5.74) is 2.37. The molecule has 1 aromatic rings. The van der Waals surface area contributed by atoms with Crippen LogP contribution in [0.4, 0.5) is 5.69 Å². The van der Waals surface area contributed by atoms with Gasteiger partial charge in [-0.05, 0) is 37.5 Å². The van der Waals surface area contributed by atoms with E-state index in [0.717, 1.165) is 5.02 Å². The van der Waals surface area contributed by atoms with Gasteiger partial charge in [0.05, 0.1) is 0 Å². The topological polar surface area (TPSA) is 12.0 Å². The van der Waals surface area contributed by atoms with Crippen molar-refractivity contribution in [2.24, 2.45) is 0 Å². The van der Waals surface area contributed by atoms with E-state index >= 15 is 0 Å². The number of anilines is 1. The molecule has 0 bridgehead atoms. The number of rotatable bonds is 2. The van der Waals surface area contributed by atoms with Crippen molar-refractivity contribution in [1.82, 2.24) is 0 Å². The van der Waals surface area contributed by atoms with E-state index in [1.807, 2.05) is 12.1 Å². The molecular formula is C12H16ClN. The Kier molecular flexibility index (Phi) is 2.97. The Balaban J connectivity index is 2.11. The molecule has 2 rings (SSSR count). The highest BCUT2D eigenvalue weighted by molar-refractivity contribution is 6.31. The molecule has 76 valence electrons. The Morgan fingerprint density at radius 2 is 2.00 bits per heavy atom. The van der Waals surface area contributed by atoms with Gasteiger partial charge in [-0.15, -0.1) is 0 Å². The molecule has 1 fully saturated rings. The fraction of sp³-hybridized carbons (Fsp3) is 0.500. The third kappa shape index (κ3) is 2.03. The van der Waals surface area contributed by atoms with Crippen molar-refractivity contribution in [2.75, 3.05) is 5.32 Å². The number of hydrogen-bond donors (Lipinski definition) is 1. The van der Waals surface area contributed by atoms with Crippen LogP contribution in [0.2, 0.25) is 5.02 Å². The third-order valence-electron chi connectivity index (χ3n) is 2.98. The Morgan fingerprint density at radius 3 is 2.71 bits per heavy atom. The quantitative estimate of drug-likeness (QED) is 0.777. The molecule has 2 heteroatoms. The van der Waals surface area contributed by atoms with Crippen LogP contribution in [0.25, 0.3) is 0 Å². The average Bonchev–Trinajstić information content (AvgIpc) is 2.66. The summed E-state index contributed by atoms with van der Waals surface area (Å²) < 4.78 is 0. The highest BCUT2D eigenvalue weighted by Gasteiger charge is 2.15. The zero-order chi connectivity index (χ0) is 9.97. The maximum Gasteiger partial charge on any atom is 0.0455 e. The van der Waals surface area contributed by atoms with E-state index in [1.165, 1.54) is 36.9 Å². The van der Waals surface area contributed by atoms with E-state index in [0.29, 0.717) is 6.04 Å². The van der Waals surface area contributed by atoms with Crippen molar-refractivity contribution in [1.29, 1.82) is 0 Å². The van der Waals surface area contributed by atoms with Crippen LogP contribution in [0.1, 0.15) is 31.2 Å². The first-order valence-electron chi connectivity index (χ1n) is 5.29. The molecule has 1 aliphatic rings. The molecule has 0 atom stereocenters. The zero-order valence-electron chi connectivity index (χ0n) is 8.52. The number of halogens is 1. The molecule has 0 unspecified atom stereocenters. The van der Waals surface area contributed by atoms with Crippen LogP contribution in [0.15, 0.2) is 18.2 Å². The molecule has 1 saturated carbocycles. The maximum atomic E-state index is 6.06. The predicted molar refractivity (Wildman–Crippen MR) is 62.1 cm³/mol. The van der Waals surface area contributed by atoms with Gasteiger partial charge in [0, 0.05) is 16.8 Å². The van der Waals surface area contributed by atoms with Gasteiger partial charge in [-0.25, -0.2) is 0 Å². The lowest BCUT2D eigenvalue weighted by Gasteiger charge is -2.16. The highest BCUT2D eigenvalue weighted by atomic mass is 35.5. The predicted octanol–water partition coefficient (Wildman–Crippen LogP) is 4.00. The smallest absolute Gasteiger partial charge is 0.0455 e. The number of nitrogens with one attached hydrogen (secondary N) is 1. The van der Waals surface area contributed by atoms with Crippen LogP contribution in [0.5, 0.6) is 0 Å². The second-order valence-corrected chi connectivity index (χ2v) is 4.45. The molecule has 14 heavy (non-hydrogen) atoms. The summed E-state index contributed by atoms with van der Waals surface area (Å²) in [6.45, 7) is 2.07. The molecule has 0 aromatic heterocycles. The second kappa shape index (κ2) is 4.22. The molecular weight excluding hydrogens is 194 g/mol. The Hall–Kier alpha value is -0.690. The van der Waals surface area contributed by atoms with Crippen molar-refractivity contribution in [3.63, 3.8) is 0 Å². The minimum atomic E-state index is 0.659. The molecule has 0 aliphatic heterocycles. The highest BCUT2D eigenvalue weighted by Crippen LogP contribution is 2.27. The molecule has 0 radical (unpaired) electrons. The van der Waals surface area contributed by atoms with E-state index in [1.54, 1.807) is 0 Å². The van der Waals surface area contributed by atoms with E-state index in [4.69, 9.17) is 11.6 Å². The lowest BCUT2D eigenvalue weighted by molar-refractivity contribution is 0.754. The molecule has 0 heterocycles. The van der Waals surface area contributed by atoms with E-state index in [2.05, 4.69) is 18.3 Å². The Labute approximate surface area is 90.5 Å². The van der Waals surface area contributed by atoms with Crippen LogP contribution >= 0.6 is 11.6 Å². The maximum absolute atomic E-state index is 6.06. The van der Waals surface area contributed by atoms with Gasteiger partial charge >= 0.3 is 0 Å². The minimum Gasteiger partial charge on any atom is -0.382 e. The monoisotopic (exact) mass is 209 g/mol. The van der Waals surface area contributed by atoms with Crippen LogP contribution in [0.3, 0.4) is 0 Å². The lowest BCUT2D eigenvalue weighted by Crippen LogP contribution is -2.15. The fourth-order valence-electron chi connectivity index (χ4n) is 2.05. The van der Waals surface area contributed by atoms with Crippen molar-refractivity contribution in [2.45, 2.75) is 38.6 Å². The average molecular weight is 210 g/mol. The summed E-state index contributed by atoms with van der Waals surface area (Å²) in [4.78, 5) is 0. The summed E-state index contributed by atoms with van der Waals surface area (Å²) in [5, 5.41) is 4.42. The largest absolute Gasteiger partial charge is 0.382 e. The number of benzene rings is 1. The van der Waals surface area contributed by atoms with Crippen molar-refractivity contribution in [3.8, 4) is 0 Å². The second-order valence-electron chi connectivity index (χ2n) is 4.04. The third-order valence-corrected chi connectivity index (χ3v) is 3.39. The molecule has 1 N–H and O–H groups in total. The van der Waals surface area contributed by atoms with Gasteiger partial charge < -0.3 is 5.32 Å². The van der Waals surface area contributed by atoms with Gasteiger partial charge in [0.2, 0.25) is 0 Å². The van der Waals surface area contributed by atoms with Crippen LogP contribution < -0.4 is 5.32 Å². The van der Waals surface area contributed by atoms with Crippen LogP contribution in [-0.2, 0) is 0 Å². The van der Waals surface area contributed by atoms with E-state index in [-0.39, 0.29) is 0 Å². The first kappa shape index (κ1) is 9.85. The molecule has 1 nitrogen and oxygen atoms in total. The molecule has 0 spiro atoms. The van der Waals surface area contributed by atoms with E-state index in [9.17, 15) is 0 Å². The molecule has 0 amide bonds. The fourth-order valence-corrected chi connectivity index (χ4v) is 2.23. The molecule has 0 saturated heterocycles. The van der Waals surface area contributed by atoms with Crippen molar-refractivity contribution < 1.29 is 0 Å². The molecule has 1 aromatic carbocycles. The van der Waals surface area contributed by atoms with Gasteiger partial charge in [-0.3, -0.25) is 0 Å². The normalized spacial score (nSPS) is 17.3. The van der Waals surface area contributed by atoms with Gasteiger partial charge in [0.15, 0.2) is 0 Å². The Morgan fingerprint density at radius 1 is 1.29 bits per heavy atom. The van der Waals surface area contributed by atoms with E-state index < -0.39 is 0 Å². The van der Waals surface area contributed by atoms with Gasteiger partial charge in [0.25, 0.3) is 0 Å². The first-order valence-corrected chi connectivity index (χ1v) is 5.67. The molecule has 1 aliphatic carbocycles. The van der Waals surface area contributed by atoms with Crippen molar-refractivity contribution in [3.05, 3.63) is 28.8 Å². The summed E-state index contributed by atoms with van der Waals surface area (Å²) >= 11 is 6.06. The van der Waals surface area contributed by atoms with Gasteiger partial charge in [-0.2, -0.15) is 0 Å². The SMILES string of the molecule is Cc1c(Cl)cccc1NC1CCCC1. The number of hydrogen-bond acceptors (Lipinski definition) is 1. The summed E-state index contributed by atoms with van der Waals surface area (Å²) in [5.74, 6) is 0. The van der Waals surface area contributed by atoms with Crippen molar-refractivity contribution >= 4 is 17.3 Å². The zero-order valence-corrected chi connectivity index (χ0v) is 9.27. The van der Waals surface area contributed by atoms with Crippen LogP contribution in [0, 0.1) is 6.92 Å². The summed E-state index contributed by atoms with van der Waals surface area (Å²) in [7, 11) is 0. The van der Waals surface area contributed by atoms with Crippen LogP contribution in [-0.4, -0.2) is 6.04 Å². The van der Waals surface area contributed by atoms with Gasteiger partial charge in [-0.1, -0.05) is 30.5 Å². The van der Waals surface area contributed by atoms with Gasteiger partial charge in [0.1, 0.15) is 0 Å². The summed E-state index contributed by atoms with van der Waals surface area (Å²) in [6, 6.07) is 6.72. The minimum absolute atomic E-state index is 0.659. The lowest BCUT2D eigenvalue weighted by atomic mass is 10.1. The first-order chi connectivity index (χ1) is 6.77.